The third-order valence-corrected chi connectivity index (χ3v) is 4.12. The number of aliphatic hydroxyl groups is 1. The van der Waals surface area contributed by atoms with Crippen molar-refractivity contribution in [1.82, 2.24) is 15.2 Å². The third-order valence-electron chi connectivity index (χ3n) is 4.12. The van der Waals surface area contributed by atoms with Gasteiger partial charge in [-0.2, -0.15) is 0 Å². The van der Waals surface area contributed by atoms with Gasteiger partial charge in [0.05, 0.1) is 24.4 Å². The lowest BCUT2D eigenvalue weighted by atomic mass is 9.76. The Balaban J connectivity index is 1.65. The summed E-state index contributed by atoms with van der Waals surface area (Å²) in [5.74, 6) is -0.0738. The van der Waals surface area contributed by atoms with Gasteiger partial charge in [-0.25, -0.2) is 4.79 Å². The van der Waals surface area contributed by atoms with Crippen molar-refractivity contribution in [1.29, 1.82) is 0 Å². The molecule has 1 saturated carbocycles. The molecule has 1 aromatic heterocycles. The summed E-state index contributed by atoms with van der Waals surface area (Å²) in [4.78, 5) is 29.3. The summed E-state index contributed by atoms with van der Waals surface area (Å²) in [6, 6.07) is 5.31. The van der Waals surface area contributed by atoms with Crippen LogP contribution in [0.15, 0.2) is 24.4 Å². The minimum atomic E-state index is -0.455. The number of carbonyl (C=O) groups is 2. The number of nitrogens with one attached hydrogen (secondary N) is 1. The van der Waals surface area contributed by atoms with E-state index in [0.717, 1.165) is 5.69 Å². The molecule has 2 aliphatic rings. The Morgan fingerprint density at radius 1 is 1.50 bits per heavy atom. The first-order chi connectivity index (χ1) is 10.6. The van der Waals surface area contributed by atoms with Crippen molar-refractivity contribution >= 4 is 12.0 Å². The van der Waals surface area contributed by atoms with Gasteiger partial charge in [-0.05, 0) is 30.9 Å². The Morgan fingerprint density at radius 2 is 2.32 bits per heavy atom. The number of amides is 2. The molecule has 2 amide bonds. The van der Waals surface area contributed by atoms with Crippen molar-refractivity contribution in [3.05, 3.63) is 30.1 Å². The molecule has 1 atom stereocenters. The van der Waals surface area contributed by atoms with E-state index in [1.54, 1.807) is 6.20 Å². The fourth-order valence-corrected chi connectivity index (χ4v) is 2.86. The molecule has 0 bridgehead atoms. The quantitative estimate of drug-likeness (QED) is 0.824. The molecular formula is C15H19N3O4. The Labute approximate surface area is 128 Å². The first-order valence-electron chi connectivity index (χ1n) is 7.43. The average molecular weight is 305 g/mol. The van der Waals surface area contributed by atoms with Crippen molar-refractivity contribution in [2.24, 2.45) is 5.92 Å². The van der Waals surface area contributed by atoms with E-state index in [4.69, 9.17) is 4.74 Å². The molecule has 3 rings (SSSR count). The summed E-state index contributed by atoms with van der Waals surface area (Å²) in [5.41, 5.74) is 0.775. The van der Waals surface area contributed by atoms with Gasteiger partial charge in [-0.1, -0.05) is 6.07 Å². The predicted molar refractivity (Wildman–Crippen MR) is 76.8 cm³/mol. The molecule has 1 aliphatic heterocycles. The second-order valence-corrected chi connectivity index (χ2v) is 5.72. The van der Waals surface area contributed by atoms with Gasteiger partial charge < -0.3 is 15.2 Å². The van der Waals surface area contributed by atoms with Crippen molar-refractivity contribution in [2.45, 2.75) is 25.0 Å². The molecule has 0 radical (unpaired) electrons. The maximum atomic E-state index is 12.2. The molecular weight excluding hydrogens is 286 g/mol. The fraction of sp³-hybridized carbons (Fsp3) is 0.533. The van der Waals surface area contributed by atoms with E-state index >= 15 is 0 Å². The molecule has 7 heteroatoms. The maximum Gasteiger partial charge on any atom is 0.410 e. The second kappa shape index (κ2) is 6.31. The van der Waals surface area contributed by atoms with Crippen molar-refractivity contribution in [3.8, 4) is 0 Å². The highest BCUT2D eigenvalue weighted by atomic mass is 16.6. The van der Waals surface area contributed by atoms with Crippen LogP contribution in [0.1, 0.15) is 24.6 Å². The smallest absolute Gasteiger partial charge is 0.410 e. The number of hydrogen-bond acceptors (Lipinski definition) is 5. The van der Waals surface area contributed by atoms with Crippen LogP contribution in [0.3, 0.4) is 0 Å². The number of aromatic nitrogens is 1. The van der Waals surface area contributed by atoms with Crippen molar-refractivity contribution < 1.29 is 19.4 Å². The number of nitrogens with zero attached hydrogens (tertiary/aromatic N) is 2. The highest BCUT2D eigenvalue weighted by Gasteiger charge is 2.36. The van der Waals surface area contributed by atoms with Crippen LogP contribution in [-0.2, 0) is 9.53 Å². The minimum absolute atomic E-state index is 0.0164. The van der Waals surface area contributed by atoms with Crippen LogP contribution in [0.5, 0.6) is 0 Å². The van der Waals surface area contributed by atoms with Gasteiger partial charge in [0.15, 0.2) is 0 Å². The first-order valence-corrected chi connectivity index (χ1v) is 7.43. The largest absolute Gasteiger partial charge is 0.448 e. The molecule has 1 saturated heterocycles. The van der Waals surface area contributed by atoms with Gasteiger partial charge in [0.25, 0.3) is 0 Å². The van der Waals surface area contributed by atoms with E-state index in [0.29, 0.717) is 26.0 Å². The highest BCUT2D eigenvalue weighted by Crippen LogP contribution is 2.37. The zero-order valence-electron chi connectivity index (χ0n) is 12.1. The van der Waals surface area contributed by atoms with E-state index in [-0.39, 0.29) is 30.5 Å². The number of ether oxygens (including phenoxy) is 1. The second-order valence-electron chi connectivity index (χ2n) is 5.72. The minimum Gasteiger partial charge on any atom is -0.448 e. The first kappa shape index (κ1) is 14.8. The highest BCUT2D eigenvalue weighted by molar-refractivity contribution is 5.83. The summed E-state index contributed by atoms with van der Waals surface area (Å²) < 4.78 is 4.81. The molecule has 0 spiro atoms. The lowest BCUT2D eigenvalue weighted by Gasteiger charge is -2.37. The number of carbonyl (C=O) groups excluding carboxylic acids is 2. The average Bonchev–Trinajstić information content (AvgIpc) is 2.88. The Morgan fingerprint density at radius 3 is 2.91 bits per heavy atom. The SMILES string of the molecule is O=C(CN1CCOC1=O)N[C@@H](c1ccccn1)C1CC(O)C1. The topological polar surface area (TPSA) is 91.8 Å². The molecule has 2 heterocycles. The van der Waals surface area contributed by atoms with E-state index < -0.39 is 6.09 Å². The summed E-state index contributed by atoms with van der Waals surface area (Å²) in [6.45, 7) is 0.741. The van der Waals surface area contributed by atoms with E-state index in [1.807, 2.05) is 18.2 Å². The molecule has 2 N–H and O–H groups in total. The number of rotatable bonds is 5. The number of pyridine rings is 1. The number of hydrogen-bond donors (Lipinski definition) is 2. The molecule has 2 fully saturated rings. The number of cyclic esters (lactones) is 1. The molecule has 0 unspecified atom stereocenters. The summed E-state index contributed by atoms with van der Waals surface area (Å²) >= 11 is 0. The van der Waals surface area contributed by atoms with Gasteiger partial charge in [-0.3, -0.25) is 14.7 Å². The van der Waals surface area contributed by atoms with E-state index in [9.17, 15) is 14.7 Å². The standard InChI is InChI=1S/C15H19N3O4/c19-11-7-10(8-11)14(12-3-1-2-4-16-12)17-13(20)9-18-5-6-22-15(18)21/h1-4,10-11,14,19H,5-9H2,(H,17,20)/t10?,11?,14-/m1/s1. The number of aliphatic hydroxyl groups excluding tert-OH is 1. The van der Waals surface area contributed by atoms with Crippen molar-refractivity contribution in [2.75, 3.05) is 19.7 Å². The van der Waals surface area contributed by atoms with Gasteiger partial charge in [0.2, 0.25) is 5.91 Å². The summed E-state index contributed by atoms with van der Waals surface area (Å²) in [7, 11) is 0. The van der Waals surface area contributed by atoms with Gasteiger partial charge in [0, 0.05) is 6.20 Å². The van der Waals surface area contributed by atoms with Crippen LogP contribution in [0.4, 0.5) is 4.79 Å². The molecule has 1 aromatic rings. The van der Waals surface area contributed by atoms with Crippen LogP contribution in [0.2, 0.25) is 0 Å². The van der Waals surface area contributed by atoms with Crippen LogP contribution >= 0.6 is 0 Å². The monoisotopic (exact) mass is 305 g/mol. The maximum absolute atomic E-state index is 12.2. The van der Waals surface area contributed by atoms with Crippen molar-refractivity contribution in [3.63, 3.8) is 0 Å². The summed E-state index contributed by atoms with van der Waals surface area (Å²) in [5, 5.41) is 12.5. The Bertz CT molecular complexity index is 545. The van der Waals surface area contributed by atoms with Gasteiger partial charge in [-0.15, -0.1) is 0 Å². The molecule has 0 aromatic carbocycles. The zero-order chi connectivity index (χ0) is 15.5. The van der Waals surface area contributed by atoms with Gasteiger partial charge >= 0.3 is 6.09 Å². The lowest BCUT2D eigenvalue weighted by molar-refractivity contribution is -0.123. The Kier molecular flexibility index (Phi) is 4.24. The van der Waals surface area contributed by atoms with E-state index in [2.05, 4.69) is 10.3 Å². The van der Waals surface area contributed by atoms with Crippen LogP contribution < -0.4 is 5.32 Å². The summed E-state index contributed by atoms with van der Waals surface area (Å²) in [6.07, 6.45) is 2.22. The molecule has 22 heavy (non-hydrogen) atoms. The Hall–Kier alpha value is -2.15. The third kappa shape index (κ3) is 3.19. The molecule has 1 aliphatic carbocycles. The van der Waals surface area contributed by atoms with Crippen LogP contribution in [-0.4, -0.2) is 52.8 Å². The van der Waals surface area contributed by atoms with Crippen LogP contribution in [0, 0.1) is 5.92 Å². The molecule has 118 valence electrons. The van der Waals surface area contributed by atoms with Crippen LogP contribution in [0.25, 0.3) is 0 Å². The van der Waals surface area contributed by atoms with E-state index in [1.165, 1.54) is 4.90 Å². The zero-order valence-corrected chi connectivity index (χ0v) is 12.1. The van der Waals surface area contributed by atoms with Gasteiger partial charge in [0.1, 0.15) is 13.2 Å². The lowest BCUT2D eigenvalue weighted by Crippen LogP contribution is -2.45. The molecule has 7 nitrogen and oxygen atoms in total. The predicted octanol–water partition coefficient (Wildman–Crippen LogP) is 0.462. The normalized spacial score (nSPS) is 25.3. The fourth-order valence-electron chi connectivity index (χ4n) is 2.86.